The molecule has 1 atom stereocenters. The molecule has 9 heteroatoms. The monoisotopic (exact) mass is 513 g/mol. The number of nitrogens with one attached hydrogen (secondary N) is 1. The maximum atomic E-state index is 13.0. The summed E-state index contributed by atoms with van der Waals surface area (Å²) in [6.45, 7) is 6.22. The number of rotatable bonds is 5. The predicted molar refractivity (Wildman–Crippen MR) is 141 cm³/mol. The maximum absolute atomic E-state index is 13.0. The van der Waals surface area contributed by atoms with E-state index < -0.39 is 17.1 Å². The second kappa shape index (κ2) is 9.59. The van der Waals surface area contributed by atoms with Gasteiger partial charge in [0.05, 0.1) is 12.0 Å². The Morgan fingerprint density at radius 1 is 1.26 bits per heavy atom. The van der Waals surface area contributed by atoms with Crippen LogP contribution < -0.4 is 15.0 Å². The summed E-state index contributed by atoms with van der Waals surface area (Å²) in [5, 5.41) is 2.70. The number of hydrogen-bond donors (Lipinski definition) is 1. The number of amides is 3. The minimum atomic E-state index is -0.509. The summed E-state index contributed by atoms with van der Waals surface area (Å²) in [5.74, 6) is -0.00280. The molecule has 1 fully saturated rings. The van der Waals surface area contributed by atoms with Gasteiger partial charge in [0.1, 0.15) is 12.3 Å². The van der Waals surface area contributed by atoms with Crippen LogP contribution in [0.15, 0.2) is 41.3 Å². The quantitative estimate of drug-likeness (QED) is 0.513. The fraction of sp³-hybridized carbons (Fsp3) is 0.346. The Hall–Kier alpha value is -2.97. The van der Waals surface area contributed by atoms with E-state index in [0.29, 0.717) is 27.9 Å². The van der Waals surface area contributed by atoms with E-state index in [4.69, 9.17) is 16.3 Å². The van der Waals surface area contributed by atoms with Gasteiger partial charge in [0.15, 0.2) is 0 Å². The van der Waals surface area contributed by atoms with Gasteiger partial charge in [-0.3, -0.25) is 19.3 Å². The number of nitrogens with zero attached hydrogens (tertiary/aromatic N) is 2. The first-order valence-electron chi connectivity index (χ1n) is 11.3. The molecular formula is C26H28ClN3O4S. The molecule has 0 radical (unpaired) electrons. The zero-order valence-electron chi connectivity index (χ0n) is 20.3. The number of anilines is 2. The first-order chi connectivity index (χ1) is 16.5. The Labute approximate surface area is 214 Å². The molecular weight excluding hydrogens is 486 g/mol. The highest BCUT2D eigenvalue weighted by atomic mass is 35.5. The third-order valence-electron chi connectivity index (χ3n) is 6.59. The topological polar surface area (TPSA) is 79.0 Å². The molecule has 35 heavy (non-hydrogen) atoms. The lowest BCUT2D eigenvalue weighted by molar-refractivity contribution is -0.127. The van der Waals surface area contributed by atoms with Gasteiger partial charge in [-0.15, -0.1) is 0 Å². The second-order valence-electron chi connectivity index (χ2n) is 9.45. The molecule has 0 aliphatic carbocycles. The smallest absolute Gasteiger partial charge is 0.294 e. The largest absolute Gasteiger partial charge is 0.497 e. The van der Waals surface area contributed by atoms with Crippen LogP contribution >= 0.6 is 23.4 Å². The van der Waals surface area contributed by atoms with E-state index in [2.05, 4.69) is 38.0 Å². The number of fused-ring (bicyclic) bond motifs is 1. The van der Waals surface area contributed by atoms with Gasteiger partial charge in [-0.2, -0.15) is 0 Å². The van der Waals surface area contributed by atoms with E-state index >= 15 is 0 Å². The number of carbonyl (C=O) groups excluding carboxylic acids is 3. The predicted octanol–water partition coefficient (Wildman–Crippen LogP) is 5.75. The van der Waals surface area contributed by atoms with Crippen molar-refractivity contribution in [2.75, 3.05) is 30.9 Å². The van der Waals surface area contributed by atoms with Crippen molar-refractivity contribution in [3.63, 3.8) is 0 Å². The molecule has 184 valence electrons. The van der Waals surface area contributed by atoms with Crippen molar-refractivity contribution in [1.29, 1.82) is 0 Å². The van der Waals surface area contributed by atoms with Crippen molar-refractivity contribution < 1.29 is 19.1 Å². The van der Waals surface area contributed by atoms with Crippen LogP contribution in [-0.2, 0) is 9.59 Å². The van der Waals surface area contributed by atoms with Gasteiger partial charge in [0.2, 0.25) is 5.91 Å². The average Bonchev–Trinajstić information content (AvgIpc) is 3.06. The van der Waals surface area contributed by atoms with Crippen LogP contribution in [0.3, 0.4) is 0 Å². The highest BCUT2D eigenvalue weighted by Gasteiger charge is 2.37. The van der Waals surface area contributed by atoms with Crippen molar-refractivity contribution in [2.45, 2.75) is 38.6 Å². The van der Waals surface area contributed by atoms with Gasteiger partial charge < -0.3 is 15.0 Å². The molecule has 3 amide bonds. The normalized spacial score (nSPS) is 20.3. The van der Waals surface area contributed by atoms with Crippen molar-refractivity contribution in [3.8, 4) is 5.75 Å². The van der Waals surface area contributed by atoms with E-state index in [1.165, 1.54) is 0 Å². The molecule has 4 rings (SSSR count). The number of thioether (sulfide) groups is 1. The molecule has 0 spiro atoms. The van der Waals surface area contributed by atoms with E-state index in [1.54, 1.807) is 37.5 Å². The van der Waals surface area contributed by atoms with Crippen LogP contribution in [0.1, 0.15) is 44.2 Å². The molecule has 2 aliphatic heterocycles. The van der Waals surface area contributed by atoms with Crippen LogP contribution in [0.5, 0.6) is 5.75 Å². The van der Waals surface area contributed by atoms with E-state index in [-0.39, 0.29) is 17.0 Å². The van der Waals surface area contributed by atoms with Gasteiger partial charge in [-0.25, -0.2) is 0 Å². The molecule has 0 aromatic heterocycles. The lowest BCUT2D eigenvalue weighted by Gasteiger charge is -2.45. The van der Waals surface area contributed by atoms with Gasteiger partial charge in [-0.1, -0.05) is 18.5 Å². The third kappa shape index (κ3) is 5.04. The maximum Gasteiger partial charge on any atom is 0.294 e. The summed E-state index contributed by atoms with van der Waals surface area (Å²) < 4.78 is 5.10. The molecule has 2 aromatic carbocycles. The highest BCUT2D eigenvalue weighted by molar-refractivity contribution is 8.18. The summed E-state index contributed by atoms with van der Waals surface area (Å²) in [7, 11) is 3.61. The van der Waals surface area contributed by atoms with Crippen LogP contribution in [0.25, 0.3) is 6.08 Å². The Bertz CT molecular complexity index is 1230. The van der Waals surface area contributed by atoms with Crippen molar-refractivity contribution in [3.05, 3.63) is 57.5 Å². The van der Waals surface area contributed by atoms with Crippen LogP contribution in [0.4, 0.5) is 16.2 Å². The average molecular weight is 514 g/mol. The molecule has 7 nitrogen and oxygen atoms in total. The SMILES string of the molecule is COc1ccc(NC(=O)CN2C(=O)S/C(=C/c3cc4c(cc3Cl)N(C)C(C)(C)CC4C)C2=O)cc1. The minimum absolute atomic E-state index is 0.00626. The van der Waals surface area contributed by atoms with Crippen LogP contribution in [0.2, 0.25) is 5.02 Å². The van der Waals surface area contributed by atoms with Gasteiger partial charge in [0, 0.05) is 29.0 Å². The number of halogens is 1. The zero-order valence-corrected chi connectivity index (χ0v) is 21.9. The second-order valence-corrected chi connectivity index (χ2v) is 10.9. The number of carbonyl (C=O) groups is 3. The van der Waals surface area contributed by atoms with Gasteiger partial charge >= 0.3 is 0 Å². The van der Waals surface area contributed by atoms with Crippen LogP contribution in [0, 0.1) is 0 Å². The molecule has 0 saturated carbocycles. The zero-order chi connectivity index (χ0) is 25.5. The lowest BCUT2D eigenvalue weighted by atomic mass is 9.80. The number of hydrogen-bond acceptors (Lipinski definition) is 6. The van der Waals surface area contributed by atoms with Crippen molar-refractivity contribution in [2.24, 2.45) is 0 Å². The summed E-state index contributed by atoms with van der Waals surface area (Å²) >= 11 is 7.41. The fourth-order valence-corrected chi connectivity index (χ4v) is 5.55. The Kier molecular flexibility index (Phi) is 6.88. The molecule has 1 N–H and O–H groups in total. The van der Waals surface area contributed by atoms with E-state index in [9.17, 15) is 14.4 Å². The Balaban J connectivity index is 1.52. The lowest BCUT2D eigenvalue weighted by Crippen LogP contribution is -2.45. The summed E-state index contributed by atoms with van der Waals surface area (Å²) in [6.07, 6.45) is 2.62. The van der Waals surface area contributed by atoms with Crippen LogP contribution in [-0.4, -0.2) is 48.2 Å². The molecule has 1 unspecified atom stereocenters. The fourth-order valence-electron chi connectivity index (χ4n) is 4.51. The third-order valence-corrected chi connectivity index (χ3v) is 7.82. The standard InChI is InChI=1S/C26H28ClN3O4S/c1-15-13-26(2,3)29(4)21-12-20(27)16(10-19(15)21)11-22-24(32)30(25(33)35-22)14-23(31)28-17-6-8-18(34-5)9-7-17/h6-12,15H,13-14H2,1-5H3,(H,28,31)/b22-11+. The molecule has 2 heterocycles. The molecule has 2 aromatic rings. The minimum Gasteiger partial charge on any atom is -0.497 e. The van der Waals surface area contributed by atoms with Crippen molar-refractivity contribution in [1.82, 2.24) is 4.90 Å². The highest BCUT2D eigenvalue weighted by Crippen LogP contribution is 2.45. The number of ether oxygens (including phenoxy) is 1. The first-order valence-corrected chi connectivity index (χ1v) is 12.5. The molecule has 1 saturated heterocycles. The number of imide groups is 1. The molecule has 0 bridgehead atoms. The molecule has 2 aliphatic rings. The van der Waals surface area contributed by atoms with Crippen molar-refractivity contribution >= 4 is 57.9 Å². The summed E-state index contributed by atoms with van der Waals surface area (Å²) in [4.78, 5) is 41.4. The summed E-state index contributed by atoms with van der Waals surface area (Å²) in [5.41, 5.74) is 3.45. The summed E-state index contributed by atoms with van der Waals surface area (Å²) in [6, 6.07) is 10.7. The Morgan fingerprint density at radius 2 is 1.94 bits per heavy atom. The van der Waals surface area contributed by atoms with E-state index in [1.807, 2.05) is 12.1 Å². The first kappa shape index (κ1) is 25.1. The number of methoxy groups -OCH3 is 1. The van der Waals surface area contributed by atoms with Gasteiger partial charge in [0.25, 0.3) is 11.1 Å². The number of benzene rings is 2. The Morgan fingerprint density at radius 3 is 2.60 bits per heavy atom. The van der Waals surface area contributed by atoms with Gasteiger partial charge in [-0.05, 0) is 91.5 Å². The van der Waals surface area contributed by atoms with E-state index in [0.717, 1.165) is 34.3 Å².